The maximum atomic E-state index is 12.4. The molecule has 134 valence electrons. The number of carbonyl (C=O) groups is 1. The molecule has 1 atom stereocenters. The van der Waals surface area contributed by atoms with Gasteiger partial charge in [0.2, 0.25) is 5.91 Å². The molecule has 3 heterocycles. The van der Waals surface area contributed by atoms with E-state index < -0.39 is 0 Å². The van der Waals surface area contributed by atoms with E-state index in [2.05, 4.69) is 29.3 Å². The highest BCUT2D eigenvalue weighted by atomic mass is 16.4. The zero-order valence-corrected chi connectivity index (χ0v) is 15.4. The molecule has 1 aromatic carbocycles. The van der Waals surface area contributed by atoms with Crippen molar-refractivity contribution in [1.82, 2.24) is 10.2 Å². The van der Waals surface area contributed by atoms with Gasteiger partial charge in [-0.3, -0.25) is 4.79 Å². The zero-order chi connectivity index (χ0) is 17.2. The van der Waals surface area contributed by atoms with Gasteiger partial charge in [-0.25, -0.2) is 0 Å². The van der Waals surface area contributed by atoms with E-state index in [1.165, 1.54) is 29.5 Å². The van der Waals surface area contributed by atoms with Crippen LogP contribution < -0.4 is 9.97 Å². The molecule has 3 aliphatic heterocycles. The first-order valence-electron chi connectivity index (χ1n) is 9.93. The van der Waals surface area contributed by atoms with E-state index in [0.29, 0.717) is 17.7 Å². The van der Waals surface area contributed by atoms with E-state index >= 15 is 0 Å². The van der Waals surface area contributed by atoms with Gasteiger partial charge in [0.1, 0.15) is 5.75 Å². The third kappa shape index (κ3) is 3.71. The number of nitrogens with one attached hydrogen (secondary N) is 1. The normalized spacial score (nSPS) is 23.2. The Bertz CT molecular complexity index is 637. The molecule has 1 aromatic rings. The molecule has 0 saturated carbocycles. The summed E-state index contributed by atoms with van der Waals surface area (Å²) in [6, 6.07) is 4.52. The van der Waals surface area contributed by atoms with Gasteiger partial charge < -0.3 is 14.9 Å². The van der Waals surface area contributed by atoms with E-state index in [9.17, 15) is 4.79 Å². The Kier molecular flexibility index (Phi) is 5.02. The first kappa shape index (κ1) is 17.0. The lowest BCUT2D eigenvalue weighted by Crippen LogP contribution is -2.51. The van der Waals surface area contributed by atoms with Crippen LogP contribution >= 0.6 is 0 Å². The van der Waals surface area contributed by atoms with Crippen LogP contribution in [0.15, 0.2) is 12.1 Å². The summed E-state index contributed by atoms with van der Waals surface area (Å²) in [6.07, 6.45) is 6.47. The molecule has 0 aromatic heterocycles. The average molecular weight is 340 g/mol. The van der Waals surface area contributed by atoms with Crippen molar-refractivity contribution in [2.75, 3.05) is 26.2 Å². The van der Waals surface area contributed by atoms with Gasteiger partial charge in [-0.05, 0) is 80.5 Å². The van der Waals surface area contributed by atoms with Gasteiger partial charge in [0.05, 0.1) is 0 Å². The number of benzene rings is 1. The van der Waals surface area contributed by atoms with Crippen molar-refractivity contribution in [2.45, 2.75) is 45.3 Å². The van der Waals surface area contributed by atoms with E-state index in [1.807, 2.05) is 0 Å². The third-order valence-electron chi connectivity index (χ3n) is 6.12. The van der Waals surface area contributed by atoms with Crippen LogP contribution in [-0.2, 0) is 17.6 Å². The number of nitrogens with zero attached hydrogens (tertiary/aromatic N) is 1. The van der Waals surface area contributed by atoms with Crippen LogP contribution in [0.2, 0.25) is 6.32 Å². The Morgan fingerprint density at radius 2 is 2.24 bits per heavy atom. The van der Waals surface area contributed by atoms with Crippen LogP contribution in [0.4, 0.5) is 0 Å². The second-order valence-electron chi connectivity index (χ2n) is 8.08. The molecule has 25 heavy (non-hydrogen) atoms. The molecule has 1 unspecified atom stereocenters. The summed E-state index contributed by atoms with van der Waals surface area (Å²) in [7, 11) is 0.846. The Morgan fingerprint density at radius 3 is 3.04 bits per heavy atom. The molecule has 5 heteroatoms. The highest BCUT2D eigenvalue weighted by Gasteiger charge is 2.32. The van der Waals surface area contributed by atoms with Gasteiger partial charge in [0.25, 0.3) is 0 Å². The van der Waals surface area contributed by atoms with E-state index in [-0.39, 0.29) is 0 Å². The maximum Gasteiger partial charge on any atom is 0.340 e. The van der Waals surface area contributed by atoms with Crippen molar-refractivity contribution in [3.63, 3.8) is 0 Å². The fourth-order valence-corrected chi connectivity index (χ4v) is 4.53. The summed E-state index contributed by atoms with van der Waals surface area (Å²) in [4.78, 5) is 14.5. The lowest BCUT2D eigenvalue weighted by Gasteiger charge is -2.40. The summed E-state index contributed by atoms with van der Waals surface area (Å²) in [5.74, 6) is 2.63. The molecule has 2 fully saturated rings. The lowest BCUT2D eigenvalue weighted by molar-refractivity contribution is -0.138. The number of amides is 1. The van der Waals surface area contributed by atoms with Crippen LogP contribution in [0.25, 0.3) is 0 Å². The van der Waals surface area contributed by atoms with E-state index in [0.717, 1.165) is 65.0 Å². The van der Waals surface area contributed by atoms with E-state index in [4.69, 9.17) is 4.65 Å². The quantitative estimate of drug-likeness (QED) is 0.854. The number of likely N-dealkylation sites (tertiary alicyclic amines) is 1. The summed E-state index contributed by atoms with van der Waals surface area (Å²) in [5, 5.41) is 3.41. The summed E-state index contributed by atoms with van der Waals surface area (Å²) < 4.78 is 5.90. The Morgan fingerprint density at radius 1 is 1.36 bits per heavy atom. The molecule has 1 amide bonds. The fourth-order valence-electron chi connectivity index (χ4n) is 4.53. The molecule has 4 rings (SSSR count). The molecule has 0 aliphatic carbocycles. The second kappa shape index (κ2) is 7.41. The molecule has 0 spiro atoms. The van der Waals surface area contributed by atoms with Gasteiger partial charge >= 0.3 is 7.48 Å². The van der Waals surface area contributed by atoms with Crippen molar-refractivity contribution >= 4 is 13.4 Å². The first-order valence-corrected chi connectivity index (χ1v) is 9.93. The van der Waals surface area contributed by atoms with Gasteiger partial charge in [-0.2, -0.15) is 0 Å². The van der Waals surface area contributed by atoms with Gasteiger partial charge in [-0.15, -0.1) is 0 Å². The minimum absolute atomic E-state index is 0.357. The molecule has 1 N–H and O–H groups in total. The number of carbonyl (C=O) groups excluding carboxylic acids is 1. The number of piperidine rings is 1. The fraction of sp³-hybridized carbons (Fsp3) is 0.650. The molecular weight excluding hydrogens is 311 g/mol. The Labute approximate surface area is 151 Å². The second-order valence-corrected chi connectivity index (χ2v) is 8.08. The average Bonchev–Trinajstić information content (AvgIpc) is 2.60. The van der Waals surface area contributed by atoms with Crippen molar-refractivity contribution < 1.29 is 9.45 Å². The summed E-state index contributed by atoms with van der Waals surface area (Å²) in [6.45, 7) is 6.17. The van der Waals surface area contributed by atoms with Crippen LogP contribution in [-0.4, -0.2) is 44.5 Å². The first-order chi connectivity index (χ1) is 12.2. The molecule has 3 aliphatic rings. The van der Waals surface area contributed by atoms with Crippen molar-refractivity contribution in [1.29, 1.82) is 0 Å². The number of fused-ring (bicyclic) bond motifs is 1. The number of hydrogen-bond acceptors (Lipinski definition) is 3. The van der Waals surface area contributed by atoms with Gasteiger partial charge in [-0.1, -0.05) is 12.1 Å². The zero-order valence-electron chi connectivity index (χ0n) is 15.4. The van der Waals surface area contributed by atoms with Crippen molar-refractivity contribution in [3.8, 4) is 5.75 Å². The molecule has 2 saturated heterocycles. The molecule has 0 radical (unpaired) electrons. The molecule has 0 bridgehead atoms. The Hall–Kier alpha value is -1.49. The minimum atomic E-state index is 0.357. The van der Waals surface area contributed by atoms with Crippen LogP contribution in [0.3, 0.4) is 0 Å². The van der Waals surface area contributed by atoms with Crippen LogP contribution in [0.5, 0.6) is 5.75 Å². The largest absolute Gasteiger partial charge is 0.564 e. The summed E-state index contributed by atoms with van der Waals surface area (Å²) >= 11 is 0. The predicted octanol–water partition coefficient (Wildman–Crippen LogP) is 2.09. The SMILES string of the molecule is Cc1c(CC2CN(C(=O)CC3CCCNC3)C2)ccc2c1OBCC2. The smallest absolute Gasteiger partial charge is 0.340 e. The highest BCUT2D eigenvalue weighted by molar-refractivity contribution is 6.29. The van der Waals surface area contributed by atoms with Crippen molar-refractivity contribution in [2.24, 2.45) is 11.8 Å². The Balaban J connectivity index is 1.29. The molecular formula is C20H29BN2O2. The van der Waals surface area contributed by atoms with Crippen LogP contribution in [0, 0.1) is 18.8 Å². The third-order valence-corrected chi connectivity index (χ3v) is 6.12. The summed E-state index contributed by atoms with van der Waals surface area (Å²) in [5.41, 5.74) is 4.07. The van der Waals surface area contributed by atoms with Gasteiger partial charge in [0.15, 0.2) is 0 Å². The molecule has 4 nitrogen and oxygen atoms in total. The highest BCUT2D eigenvalue weighted by Crippen LogP contribution is 2.33. The van der Waals surface area contributed by atoms with Crippen LogP contribution in [0.1, 0.15) is 36.0 Å². The van der Waals surface area contributed by atoms with E-state index in [1.54, 1.807) is 0 Å². The number of rotatable bonds is 4. The standard InChI is InChI=1S/C20H29BN2O2/c1-14-18(5-4-17-6-7-21-25-20(14)17)9-16-12-23(13-16)19(24)10-15-3-2-8-22-11-15/h4-5,15-16,21-22H,2-3,6-13H2,1H3. The predicted molar refractivity (Wildman–Crippen MR) is 101 cm³/mol. The monoisotopic (exact) mass is 340 g/mol. The number of hydrogen-bond donors (Lipinski definition) is 1. The van der Waals surface area contributed by atoms with Crippen molar-refractivity contribution in [3.05, 3.63) is 28.8 Å². The topological polar surface area (TPSA) is 41.6 Å². The minimum Gasteiger partial charge on any atom is -0.564 e. The lowest BCUT2D eigenvalue weighted by atomic mass is 9.83. The van der Waals surface area contributed by atoms with Gasteiger partial charge in [0, 0.05) is 19.5 Å². The maximum absolute atomic E-state index is 12.4. The number of aryl methyl sites for hydroxylation is 1.